The molecule has 1 saturated heterocycles. The van der Waals surface area contributed by atoms with Crippen LogP contribution in [-0.4, -0.2) is 42.5 Å². The molecule has 0 aromatic carbocycles. The van der Waals surface area contributed by atoms with Crippen LogP contribution in [-0.2, 0) is 4.79 Å². The first-order valence-corrected chi connectivity index (χ1v) is 5.23. The van der Waals surface area contributed by atoms with E-state index in [9.17, 15) is 4.79 Å². The highest BCUT2D eigenvalue weighted by Crippen LogP contribution is 2.17. The summed E-state index contributed by atoms with van der Waals surface area (Å²) >= 11 is 0. The zero-order valence-electron chi connectivity index (χ0n) is 9.29. The molecule has 1 rings (SSSR count). The van der Waals surface area contributed by atoms with E-state index in [1.165, 1.54) is 0 Å². The Morgan fingerprint density at radius 2 is 1.93 bits per heavy atom. The van der Waals surface area contributed by atoms with E-state index in [0.717, 1.165) is 12.8 Å². The maximum absolute atomic E-state index is 10.8. The molecule has 0 saturated carbocycles. The number of amides is 1. The fourth-order valence-electron chi connectivity index (χ4n) is 2.27. The Morgan fingerprint density at radius 3 is 2.36 bits per heavy atom. The van der Waals surface area contributed by atoms with Crippen LogP contribution in [0, 0.1) is 0 Å². The molecule has 0 radical (unpaired) electrons. The largest absolute Gasteiger partial charge is 0.369 e. The normalized spacial score (nSPS) is 33.3. The predicted molar refractivity (Wildman–Crippen MR) is 56.9 cm³/mol. The Labute approximate surface area is 85.8 Å². The molecule has 2 unspecified atom stereocenters. The molecule has 0 aromatic rings. The molecule has 1 aliphatic rings. The first-order chi connectivity index (χ1) is 6.49. The van der Waals surface area contributed by atoms with Crippen LogP contribution in [0.15, 0.2) is 0 Å². The smallest absolute Gasteiger partial charge is 0.231 e. The van der Waals surface area contributed by atoms with Crippen molar-refractivity contribution in [2.45, 2.75) is 44.8 Å². The molecule has 0 aromatic heterocycles. The number of primary amides is 1. The van der Waals surface area contributed by atoms with Gasteiger partial charge in [0, 0.05) is 18.1 Å². The van der Waals surface area contributed by atoms with Gasteiger partial charge in [0.25, 0.3) is 0 Å². The number of hydrogen-bond acceptors (Lipinski definition) is 3. The number of likely N-dealkylation sites (N-methyl/N-ethyl adjacent to an activating group) is 1. The van der Waals surface area contributed by atoms with Gasteiger partial charge in [0.1, 0.15) is 0 Å². The second-order valence-electron chi connectivity index (χ2n) is 4.48. The number of nitrogens with zero attached hydrogens (tertiary/aromatic N) is 1. The molecule has 82 valence electrons. The van der Waals surface area contributed by atoms with E-state index in [4.69, 9.17) is 5.73 Å². The third-order valence-electron chi connectivity index (χ3n) is 2.85. The molecule has 1 aliphatic heterocycles. The van der Waals surface area contributed by atoms with E-state index < -0.39 is 0 Å². The molecule has 0 spiro atoms. The molecule has 1 fully saturated rings. The summed E-state index contributed by atoms with van der Waals surface area (Å²) in [5.41, 5.74) is 5.17. The quantitative estimate of drug-likeness (QED) is 0.669. The number of hydrogen-bond donors (Lipinski definition) is 2. The highest BCUT2D eigenvalue weighted by molar-refractivity contribution is 5.75. The summed E-state index contributed by atoms with van der Waals surface area (Å²) in [6.07, 6.45) is 2.18. The number of carbonyl (C=O) groups excluding carboxylic acids is 1. The maximum atomic E-state index is 10.8. The first-order valence-electron chi connectivity index (χ1n) is 5.23. The SMILES string of the molecule is CC1CC(N(C)CC(N)=O)CC(C)N1. The predicted octanol–water partition coefficient (Wildman–Crippen LogP) is -0.0675. The minimum Gasteiger partial charge on any atom is -0.369 e. The summed E-state index contributed by atoms with van der Waals surface area (Å²) in [6.45, 7) is 4.73. The fraction of sp³-hybridized carbons (Fsp3) is 0.900. The van der Waals surface area contributed by atoms with Gasteiger partial charge in [-0.2, -0.15) is 0 Å². The molecule has 0 bridgehead atoms. The molecule has 3 N–H and O–H groups in total. The summed E-state index contributed by atoms with van der Waals surface area (Å²) < 4.78 is 0. The van der Waals surface area contributed by atoms with Crippen LogP contribution >= 0.6 is 0 Å². The van der Waals surface area contributed by atoms with Crippen LogP contribution in [0.1, 0.15) is 26.7 Å². The number of piperidine rings is 1. The van der Waals surface area contributed by atoms with Crippen molar-refractivity contribution in [3.8, 4) is 0 Å². The number of nitrogens with two attached hydrogens (primary N) is 1. The van der Waals surface area contributed by atoms with E-state index in [-0.39, 0.29) is 5.91 Å². The van der Waals surface area contributed by atoms with Crippen molar-refractivity contribution in [1.82, 2.24) is 10.2 Å². The molecule has 14 heavy (non-hydrogen) atoms. The lowest BCUT2D eigenvalue weighted by atomic mass is 9.94. The average molecular weight is 199 g/mol. The van der Waals surface area contributed by atoms with Gasteiger partial charge in [-0.1, -0.05) is 0 Å². The van der Waals surface area contributed by atoms with Crippen molar-refractivity contribution in [2.75, 3.05) is 13.6 Å². The molecule has 2 atom stereocenters. The third-order valence-corrected chi connectivity index (χ3v) is 2.85. The van der Waals surface area contributed by atoms with Crippen molar-refractivity contribution in [2.24, 2.45) is 5.73 Å². The molecule has 4 heteroatoms. The molecule has 1 amide bonds. The van der Waals surface area contributed by atoms with E-state index in [0.29, 0.717) is 24.7 Å². The van der Waals surface area contributed by atoms with Crippen molar-refractivity contribution in [3.63, 3.8) is 0 Å². The first kappa shape index (κ1) is 11.5. The molecule has 1 heterocycles. The summed E-state index contributed by atoms with van der Waals surface area (Å²) in [7, 11) is 1.97. The van der Waals surface area contributed by atoms with Crippen LogP contribution in [0.5, 0.6) is 0 Å². The van der Waals surface area contributed by atoms with E-state index in [2.05, 4.69) is 24.1 Å². The highest BCUT2D eigenvalue weighted by atomic mass is 16.1. The zero-order valence-corrected chi connectivity index (χ0v) is 9.29. The Morgan fingerprint density at radius 1 is 1.43 bits per heavy atom. The van der Waals surface area contributed by atoms with Gasteiger partial charge >= 0.3 is 0 Å². The van der Waals surface area contributed by atoms with Gasteiger partial charge in [0.15, 0.2) is 0 Å². The summed E-state index contributed by atoms with van der Waals surface area (Å²) in [5.74, 6) is -0.244. The Kier molecular flexibility index (Phi) is 3.89. The Hall–Kier alpha value is -0.610. The lowest BCUT2D eigenvalue weighted by Gasteiger charge is -2.37. The lowest BCUT2D eigenvalue weighted by molar-refractivity contribution is -0.119. The number of nitrogens with one attached hydrogen (secondary N) is 1. The Balaban J connectivity index is 2.46. The van der Waals surface area contributed by atoms with Gasteiger partial charge in [0.2, 0.25) is 5.91 Å². The lowest BCUT2D eigenvalue weighted by Crippen LogP contribution is -2.51. The second-order valence-corrected chi connectivity index (χ2v) is 4.48. The van der Waals surface area contributed by atoms with Crippen LogP contribution in [0.25, 0.3) is 0 Å². The van der Waals surface area contributed by atoms with Crippen molar-refractivity contribution >= 4 is 5.91 Å². The van der Waals surface area contributed by atoms with Gasteiger partial charge in [-0.3, -0.25) is 9.69 Å². The average Bonchev–Trinajstić information content (AvgIpc) is 2.00. The van der Waals surface area contributed by atoms with Crippen LogP contribution in [0.2, 0.25) is 0 Å². The van der Waals surface area contributed by atoms with Gasteiger partial charge in [0.05, 0.1) is 6.54 Å². The number of rotatable bonds is 3. The van der Waals surface area contributed by atoms with Crippen LogP contribution in [0.3, 0.4) is 0 Å². The van der Waals surface area contributed by atoms with Crippen molar-refractivity contribution in [3.05, 3.63) is 0 Å². The number of carbonyl (C=O) groups is 1. The molecule has 4 nitrogen and oxygen atoms in total. The van der Waals surface area contributed by atoms with Crippen LogP contribution in [0.4, 0.5) is 0 Å². The van der Waals surface area contributed by atoms with Gasteiger partial charge < -0.3 is 11.1 Å². The maximum Gasteiger partial charge on any atom is 0.231 e. The van der Waals surface area contributed by atoms with Crippen LogP contribution < -0.4 is 11.1 Å². The van der Waals surface area contributed by atoms with E-state index in [1.807, 2.05) is 7.05 Å². The van der Waals surface area contributed by atoms with E-state index in [1.54, 1.807) is 0 Å². The van der Waals surface area contributed by atoms with Crippen molar-refractivity contribution < 1.29 is 4.79 Å². The van der Waals surface area contributed by atoms with Gasteiger partial charge in [-0.05, 0) is 33.7 Å². The summed E-state index contributed by atoms with van der Waals surface area (Å²) in [4.78, 5) is 12.8. The van der Waals surface area contributed by atoms with Gasteiger partial charge in [-0.15, -0.1) is 0 Å². The van der Waals surface area contributed by atoms with Gasteiger partial charge in [-0.25, -0.2) is 0 Å². The topological polar surface area (TPSA) is 58.4 Å². The summed E-state index contributed by atoms with van der Waals surface area (Å²) in [6, 6.07) is 1.53. The standard InChI is InChI=1S/C10H21N3O/c1-7-4-9(5-8(2)12-7)13(3)6-10(11)14/h7-9,12H,4-6H2,1-3H3,(H2,11,14). The minimum absolute atomic E-state index is 0.244. The second kappa shape index (κ2) is 4.75. The monoisotopic (exact) mass is 199 g/mol. The third kappa shape index (κ3) is 3.27. The molecular formula is C10H21N3O. The van der Waals surface area contributed by atoms with Crippen molar-refractivity contribution in [1.29, 1.82) is 0 Å². The zero-order chi connectivity index (χ0) is 10.7. The Bertz CT molecular complexity index is 198. The molecule has 0 aliphatic carbocycles. The minimum atomic E-state index is -0.244. The summed E-state index contributed by atoms with van der Waals surface area (Å²) in [5, 5.41) is 3.47. The molecular weight excluding hydrogens is 178 g/mol. The van der Waals surface area contributed by atoms with E-state index >= 15 is 0 Å². The highest BCUT2D eigenvalue weighted by Gasteiger charge is 2.26. The fourth-order valence-corrected chi connectivity index (χ4v) is 2.27.